The SMILES string of the molecule is CCC(=O)c1cc(N)ccc1OCCC(c1ccccc1)c1ccccc1. The third-order valence-electron chi connectivity index (χ3n) is 4.69. The summed E-state index contributed by atoms with van der Waals surface area (Å²) in [5, 5.41) is 0. The molecule has 3 aromatic rings. The topological polar surface area (TPSA) is 52.3 Å². The smallest absolute Gasteiger partial charge is 0.166 e. The first kappa shape index (κ1) is 18.7. The summed E-state index contributed by atoms with van der Waals surface area (Å²) in [6.45, 7) is 2.36. The van der Waals surface area contributed by atoms with E-state index in [1.807, 2.05) is 19.1 Å². The molecule has 0 spiro atoms. The predicted octanol–water partition coefficient (Wildman–Crippen LogP) is 5.46. The number of benzene rings is 3. The fraction of sp³-hybridized carbons (Fsp3) is 0.208. The Balaban J connectivity index is 1.77. The van der Waals surface area contributed by atoms with Crippen molar-refractivity contribution in [3.05, 3.63) is 95.6 Å². The average molecular weight is 359 g/mol. The third kappa shape index (κ3) is 4.76. The molecule has 3 aromatic carbocycles. The lowest BCUT2D eigenvalue weighted by Gasteiger charge is -2.19. The second-order valence-corrected chi connectivity index (χ2v) is 6.54. The van der Waals surface area contributed by atoms with E-state index in [0.29, 0.717) is 30.0 Å². The summed E-state index contributed by atoms with van der Waals surface area (Å²) >= 11 is 0. The second kappa shape index (κ2) is 9.04. The molecule has 0 saturated carbocycles. The van der Waals surface area contributed by atoms with E-state index in [9.17, 15) is 4.79 Å². The molecule has 0 radical (unpaired) electrons. The van der Waals surface area contributed by atoms with Crippen molar-refractivity contribution in [1.82, 2.24) is 0 Å². The van der Waals surface area contributed by atoms with E-state index >= 15 is 0 Å². The van der Waals surface area contributed by atoms with E-state index in [1.165, 1.54) is 11.1 Å². The molecule has 0 aliphatic heterocycles. The van der Waals surface area contributed by atoms with Gasteiger partial charge in [0.05, 0.1) is 12.2 Å². The van der Waals surface area contributed by atoms with E-state index in [0.717, 1.165) is 6.42 Å². The van der Waals surface area contributed by atoms with Gasteiger partial charge in [-0.25, -0.2) is 0 Å². The molecule has 0 aromatic heterocycles. The number of ketones is 1. The van der Waals surface area contributed by atoms with Gasteiger partial charge in [0.15, 0.2) is 5.78 Å². The molecular weight excluding hydrogens is 334 g/mol. The quantitative estimate of drug-likeness (QED) is 0.429. The van der Waals surface area contributed by atoms with Crippen molar-refractivity contribution in [1.29, 1.82) is 0 Å². The number of nitrogens with two attached hydrogens (primary N) is 1. The van der Waals surface area contributed by atoms with Crippen molar-refractivity contribution in [2.24, 2.45) is 0 Å². The first-order chi connectivity index (χ1) is 13.2. The lowest BCUT2D eigenvalue weighted by Crippen LogP contribution is -2.10. The van der Waals surface area contributed by atoms with Gasteiger partial charge in [0.1, 0.15) is 5.75 Å². The van der Waals surface area contributed by atoms with Gasteiger partial charge >= 0.3 is 0 Å². The Bertz CT molecular complexity index is 836. The van der Waals surface area contributed by atoms with Crippen molar-refractivity contribution in [2.75, 3.05) is 12.3 Å². The van der Waals surface area contributed by atoms with Gasteiger partial charge in [-0.2, -0.15) is 0 Å². The van der Waals surface area contributed by atoms with Gasteiger partial charge < -0.3 is 10.5 Å². The Labute approximate surface area is 160 Å². The number of nitrogen functional groups attached to an aromatic ring is 1. The molecule has 0 fully saturated rings. The molecule has 2 N–H and O–H groups in total. The summed E-state index contributed by atoms with van der Waals surface area (Å²) in [6, 6.07) is 26.1. The van der Waals surface area contributed by atoms with Crippen LogP contribution in [0.2, 0.25) is 0 Å². The van der Waals surface area contributed by atoms with Crippen LogP contribution in [0.5, 0.6) is 5.75 Å². The largest absolute Gasteiger partial charge is 0.493 e. The van der Waals surface area contributed by atoms with Gasteiger partial charge in [-0.15, -0.1) is 0 Å². The van der Waals surface area contributed by atoms with Crippen molar-refractivity contribution >= 4 is 11.5 Å². The number of hydrogen-bond acceptors (Lipinski definition) is 3. The summed E-state index contributed by atoms with van der Waals surface area (Å²) in [5.41, 5.74) is 9.50. The summed E-state index contributed by atoms with van der Waals surface area (Å²) in [7, 11) is 0. The highest BCUT2D eigenvalue weighted by atomic mass is 16.5. The maximum Gasteiger partial charge on any atom is 0.166 e. The number of ether oxygens (including phenoxy) is 1. The zero-order chi connectivity index (χ0) is 19.1. The first-order valence-electron chi connectivity index (χ1n) is 9.34. The molecule has 0 heterocycles. The van der Waals surface area contributed by atoms with Crippen LogP contribution in [0, 0.1) is 0 Å². The van der Waals surface area contributed by atoms with Crippen molar-refractivity contribution in [3.63, 3.8) is 0 Å². The maximum atomic E-state index is 12.2. The molecular formula is C24H25NO2. The lowest BCUT2D eigenvalue weighted by atomic mass is 9.89. The fourth-order valence-electron chi connectivity index (χ4n) is 3.27. The second-order valence-electron chi connectivity index (χ2n) is 6.54. The van der Waals surface area contributed by atoms with E-state index in [-0.39, 0.29) is 11.7 Å². The summed E-state index contributed by atoms with van der Waals surface area (Å²) < 4.78 is 6.01. The Hall–Kier alpha value is -3.07. The van der Waals surface area contributed by atoms with Gasteiger partial charge in [0, 0.05) is 18.0 Å². The molecule has 27 heavy (non-hydrogen) atoms. The van der Waals surface area contributed by atoms with Gasteiger partial charge in [-0.3, -0.25) is 4.79 Å². The first-order valence-corrected chi connectivity index (χ1v) is 9.34. The minimum atomic E-state index is 0.0416. The van der Waals surface area contributed by atoms with E-state index in [4.69, 9.17) is 10.5 Å². The normalized spacial score (nSPS) is 10.7. The van der Waals surface area contributed by atoms with Crippen molar-refractivity contribution < 1.29 is 9.53 Å². The van der Waals surface area contributed by atoms with Crippen LogP contribution in [-0.2, 0) is 0 Å². The summed E-state index contributed by atoms with van der Waals surface area (Å²) in [4.78, 5) is 12.2. The third-order valence-corrected chi connectivity index (χ3v) is 4.69. The molecule has 0 aliphatic rings. The molecule has 0 unspecified atom stereocenters. The fourth-order valence-corrected chi connectivity index (χ4v) is 3.27. The molecule has 0 aliphatic carbocycles. The van der Waals surface area contributed by atoms with Crippen LogP contribution in [-0.4, -0.2) is 12.4 Å². The molecule has 0 amide bonds. The van der Waals surface area contributed by atoms with Crippen LogP contribution in [0.15, 0.2) is 78.9 Å². The van der Waals surface area contributed by atoms with Gasteiger partial charge in [0.2, 0.25) is 0 Å². The lowest BCUT2D eigenvalue weighted by molar-refractivity contribution is 0.0984. The number of anilines is 1. The number of hydrogen-bond donors (Lipinski definition) is 1. The Morgan fingerprint density at radius 2 is 1.52 bits per heavy atom. The summed E-state index contributed by atoms with van der Waals surface area (Å²) in [5.74, 6) is 0.891. The van der Waals surface area contributed by atoms with Crippen LogP contribution < -0.4 is 10.5 Å². The maximum absolute atomic E-state index is 12.2. The number of carbonyl (C=O) groups is 1. The van der Waals surface area contributed by atoms with Crippen LogP contribution in [0.25, 0.3) is 0 Å². The van der Waals surface area contributed by atoms with Crippen molar-refractivity contribution in [2.45, 2.75) is 25.7 Å². The minimum Gasteiger partial charge on any atom is -0.493 e. The average Bonchev–Trinajstić information content (AvgIpc) is 2.72. The van der Waals surface area contributed by atoms with E-state index in [1.54, 1.807) is 18.2 Å². The number of carbonyl (C=O) groups excluding carboxylic acids is 1. The molecule has 3 heteroatoms. The molecule has 3 nitrogen and oxygen atoms in total. The highest BCUT2D eigenvalue weighted by molar-refractivity contribution is 5.99. The molecule has 138 valence electrons. The Kier molecular flexibility index (Phi) is 6.26. The zero-order valence-electron chi connectivity index (χ0n) is 15.6. The standard InChI is InChI=1S/C24H25NO2/c1-2-23(26)22-17-20(25)13-14-24(22)27-16-15-21(18-9-5-3-6-10-18)19-11-7-4-8-12-19/h3-14,17,21H,2,15-16,25H2,1H3. The van der Waals surface area contributed by atoms with Crippen molar-refractivity contribution in [3.8, 4) is 5.75 Å². The van der Waals surface area contributed by atoms with Crippen LogP contribution in [0.4, 0.5) is 5.69 Å². The highest BCUT2D eigenvalue weighted by Crippen LogP contribution is 2.29. The molecule has 3 rings (SSSR count). The van der Waals surface area contributed by atoms with Gasteiger partial charge in [-0.1, -0.05) is 67.6 Å². The van der Waals surface area contributed by atoms with Crippen LogP contribution in [0.1, 0.15) is 47.2 Å². The Morgan fingerprint density at radius 3 is 2.07 bits per heavy atom. The minimum absolute atomic E-state index is 0.0416. The van der Waals surface area contributed by atoms with E-state index < -0.39 is 0 Å². The van der Waals surface area contributed by atoms with E-state index in [2.05, 4.69) is 48.5 Å². The molecule has 0 bridgehead atoms. The summed E-state index contributed by atoms with van der Waals surface area (Å²) in [6.07, 6.45) is 1.24. The zero-order valence-corrected chi connectivity index (χ0v) is 15.6. The number of Topliss-reactive ketones (excluding diaryl/α,β-unsaturated/α-hetero) is 1. The van der Waals surface area contributed by atoms with Crippen LogP contribution >= 0.6 is 0 Å². The highest BCUT2D eigenvalue weighted by Gasteiger charge is 2.16. The van der Waals surface area contributed by atoms with Crippen LogP contribution in [0.3, 0.4) is 0 Å². The Morgan fingerprint density at radius 1 is 0.926 bits per heavy atom. The molecule has 0 atom stereocenters. The molecule has 0 saturated heterocycles. The number of rotatable bonds is 8. The monoisotopic (exact) mass is 359 g/mol. The predicted molar refractivity (Wildman–Crippen MR) is 110 cm³/mol. The van der Waals surface area contributed by atoms with Gasteiger partial charge in [-0.05, 0) is 35.7 Å². The van der Waals surface area contributed by atoms with Gasteiger partial charge in [0.25, 0.3) is 0 Å².